The van der Waals surface area contributed by atoms with Crippen LogP contribution in [0.4, 0.5) is 11.8 Å². The van der Waals surface area contributed by atoms with E-state index in [1.807, 2.05) is 0 Å². The number of nitrogen functional groups attached to an aromatic ring is 2. The number of carbonyl (C=O) groups excluding carboxylic acids is 1. The van der Waals surface area contributed by atoms with Crippen molar-refractivity contribution in [3.05, 3.63) is 34.3 Å². The predicted octanol–water partition coefficient (Wildman–Crippen LogP) is 0.908. The lowest BCUT2D eigenvalue weighted by molar-refractivity contribution is 0.0945. The highest BCUT2D eigenvalue weighted by atomic mass is 16.3. The quantitative estimate of drug-likeness (QED) is 0.508. The van der Waals surface area contributed by atoms with E-state index in [4.69, 9.17) is 15.9 Å². The second-order valence-electron chi connectivity index (χ2n) is 4.64. The van der Waals surface area contributed by atoms with Gasteiger partial charge in [0.05, 0.1) is 11.8 Å². The molecule has 0 fully saturated rings. The summed E-state index contributed by atoms with van der Waals surface area (Å²) < 4.78 is 4.92. The zero-order valence-electron chi connectivity index (χ0n) is 11.5. The van der Waals surface area contributed by atoms with Crippen molar-refractivity contribution >= 4 is 17.5 Å². The van der Waals surface area contributed by atoms with Crippen LogP contribution in [0, 0.1) is 0 Å². The van der Waals surface area contributed by atoms with Crippen LogP contribution in [0.1, 0.15) is 41.9 Å². The number of Topliss-reactive ketones (excluding diaryl/α,β-unsaturated/α-hetero) is 1. The van der Waals surface area contributed by atoms with E-state index in [0.717, 1.165) is 12.8 Å². The van der Waals surface area contributed by atoms with Gasteiger partial charge in [-0.1, -0.05) is 6.42 Å². The molecule has 112 valence electrons. The molecule has 0 atom stereocenters. The summed E-state index contributed by atoms with van der Waals surface area (Å²) in [7, 11) is 0. The summed E-state index contributed by atoms with van der Waals surface area (Å²) in [6, 6.07) is 0. The van der Waals surface area contributed by atoms with Crippen molar-refractivity contribution in [1.82, 2.24) is 15.0 Å². The molecule has 0 spiro atoms. The van der Waals surface area contributed by atoms with Crippen LogP contribution in [-0.4, -0.2) is 20.7 Å². The van der Waals surface area contributed by atoms with E-state index in [9.17, 15) is 9.59 Å². The standard InChI is InChI=1S/C13H17N5O3/c14-10-8(11(20)18-13(15)17-10)4-2-1-3-5-9(19)12-16-6-7-21-12/h6-7H,1-5H2,(H5,14,15,17,18,20). The molecule has 2 heterocycles. The molecule has 0 amide bonds. The van der Waals surface area contributed by atoms with E-state index < -0.39 is 0 Å². The highest BCUT2D eigenvalue weighted by Gasteiger charge is 2.11. The van der Waals surface area contributed by atoms with E-state index in [-0.39, 0.29) is 29.0 Å². The first kappa shape index (κ1) is 14.8. The molecule has 8 nitrogen and oxygen atoms in total. The summed E-state index contributed by atoms with van der Waals surface area (Å²) in [5.41, 5.74) is 11.2. The number of H-pyrrole nitrogens is 1. The third-order valence-corrected chi connectivity index (χ3v) is 3.07. The Morgan fingerprint density at radius 2 is 2.10 bits per heavy atom. The van der Waals surface area contributed by atoms with Crippen LogP contribution in [0.15, 0.2) is 21.7 Å². The number of unbranched alkanes of at least 4 members (excludes halogenated alkanes) is 2. The lowest BCUT2D eigenvalue weighted by Crippen LogP contribution is -2.19. The molecule has 2 aromatic rings. The summed E-state index contributed by atoms with van der Waals surface area (Å²) >= 11 is 0. The minimum Gasteiger partial charge on any atom is -0.442 e. The van der Waals surface area contributed by atoms with Crippen LogP contribution in [-0.2, 0) is 6.42 Å². The van der Waals surface area contributed by atoms with Gasteiger partial charge in [-0.15, -0.1) is 0 Å². The molecule has 0 radical (unpaired) electrons. The van der Waals surface area contributed by atoms with Crippen LogP contribution in [0.5, 0.6) is 0 Å². The Kier molecular flexibility index (Phi) is 4.70. The van der Waals surface area contributed by atoms with Crippen molar-refractivity contribution in [1.29, 1.82) is 0 Å². The van der Waals surface area contributed by atoms with Crippen LogP contribution >= 0.6 is 0 Å². The minimum absolute atomic E-state index is 0.0118. The SMILES string of the molecule is Nc1nc(N)c(CCCCCC(=O)c2ncco2)c(=O)[nH]1. The molecule has 0 aliphatic heterocycles. The number of nitrogens with zero attached hydrogens (tertiary/aromatic N) is 2. The molecule has 0 aliphatic rings. The van der Waals surface area contributed by atoms with Gasteiger partial charge in [-0.3, -0.25) is 14.6 Å². The van der Waals surface area contributed by atoms with Crippen LogP contribution in [0.3, 0.4) is 0 Å². The average Bonchev–Trinajstić information content (AvgIpc) is 2.94. The Balaban J connectivity index is 1.76. The first-order valence-corrected chi connectivity index (χ1v) is 6.64. The molecule has 5 N–H and O–H groups in total. The fraction of sp³-hybridized carbons (Fsp3) is 0.385. The zero-order valence-corrected chi connectivity index (χ0v) is 11.5. The van der Waals surface area contributed by atoms with E-state index >= 15 is 0 Å². The first-order valence-electron chi connectivity index (χ1n) is 6.64. The van der Waals surface area contributed by atoms with Crippen molar-refractivity contribution in [2.45, 2.75) is 32.1 Å². The number of nitrogens with one attached hydrogen (secondary N) is 1. The molecular weight excluding hydrogens is 274 g/mol. The maximum atomic E-state index is 11.7. The number of anilines is 2. The number of ketones is 1. The number of aromatic nitrogens is 3. The van der Waals surface area contributed by atoms with Crippen molar-refractivity contribution in [2.75, 3.05) is 11.5 Å². The number of hydrogen-bond acceptors (Lipinski definition) is 7. The van der Waals surface area contributed by atoms with Gasteiger partial charge in [-0.25, -0.2) is 4.98 Å². The summed E-state index contributed by atoms with van der Waals surface area (Å²) in [6.45, 7) is 0. The van der Waals surface area contributed by atoms with Gasteiger partial charge in [0.15, 0.2) is 0 Å². The maximum Gasteiger partial charge on any atom is 0.263 e. The van der Waals surface area contributed by atoms with Crippen LogP contribution in [0.2, 0.25) is 0 Å². The van der Waals surface area contributed by atoms with Gasteiger partial charge in [0, 0.05) is 6.42 Å². The van der Waals surface area contributed by atoms with Gasteiger partial charge in [-0.2, -0.15) is 4.98 Å². The lowest BCUT2D eigenvalue weighted by Gasteiger charge is -2.04. The minimum atomic E-state index is -0.309. The van der Waals surface area contributed by atoms with E-state index in [1.165, 1.54) is 12.5 Å². The monoisotopic (exact) mass is 291 g/mol. The van der Waals surface area contributed by atoms with Gasteiger partial charge >= 0.3 is 0 Å². The fourth-order valence-electron chi connectivity index (χ4n) is 2.01. The molecule has 0 aromatic carbocycles. The molecular formula is C13H17N5O3. The molecule has 8 heteroatoms. The maximum absolute atomic E-state index is 11.7. The zero-order chi connectivity index (χ0) is 15.2. The van der Waals surface area contributed by atoms with Crippen molar-refractivity contribution in [3.63, 3.8) is 0 Å². The molecule has 0 aliphatic carbocycles. The Morgan fingerprint density at radius 3 is 2.76 bits per heavy atom. The van der Waals surface area contributed by atoms with Crippen molar-refractivity contribution < 1.29 is 9.21 Å². The summed E-state index contributed by atoms with van der Waals surface area (Å²) in [4.78, 5) is 33.3. The van der Waals surface area contributed by atoms with Crippen LogP contribution < -0.4 is 17.0 Å². The van der Waals surface area contributed by atoms with Crippen molar-refractivity contribution in [3.8, 4) is 0 Å². The van der Waals surface area contributed by atoms with Gasteiger partial charge in [0.25, 0.3) is 11.4 Å². The lowest BCUT2D eigenvalue weighted by atomic mass is 10.1. The Morgan fingerprint density at radius 1 is 1.29 bits per heavy atom. The topological polar surface area (TPSA) is 141 Å². The molecule has 0 saturated heterocycles. The van der Waals surface area contributed by atoms with Gasteiger partial charge in [0.1, 0.15) is 12.1 Å². The molecule has 2 rings (SSSR count). The Labute approximate surface area is 120 Å². The third-order valence-electron chi connectivity index (χ3n) is 3.07. The predicted molar refractivity (Wildman–Crippen MR) is 76.7 cm³/mol. The highest BCUT2D eigenvalue weighted by Crippen LogP contribution is 2.11. The van der Waals surface area contributed by atoms with Gasteiger partial charge in [0.2, 0.25) is 11.7 Å². The number of carbonyl (C=O) groups is 1. The van der Waals surface area contributed by atoms with E-state index in [0.29, 0.717) is 24.8 Å². The summed E-state index contributed by atoms with van der Waals surface area (Å²) in [5, 5.41) is 0. The third kappa shape index (κ3) is 3.91. The van der Waals surface area contributed by atoms with E-state index in [2.05, 4.69) is 15.0 Å². The number of aromatic amines is 1. The summed E-state index contributed by atoms with van der Waals surface area (Å²) in [5.74, 6) is 0.190. The van der Waals surface area contributed by atoms with Gasteiger partial charge in [-0.05, 0) is 19.3 Å². The smallest absolute Gasteiger partial charge is 0.263 e. The number of oxazole rings is 1. The molecule has 2 aromatic heterocycles. The number of hydrogen-bond donors (Lipinski definition) is 3. The molecule has 0 unspecified atom stereocenters. The van der Waals surface area contributed by atoms with E-state index in [1.54, 1.807) is 0 Å². The normalized spacial score (nSPS) is 10.7. The molecule has 0 bridgehead atoms. The fourth-order valence-corrected chi connectivity index (χ4v) is 2.01. The van der Waals surface area contributed by atoms with Gasteiger partial charge < -0.3 is 15.9 Å². The Bertz CT molecular complexity index is 663. The Hall–Kier alpha value is -2.64. The number of rotatable bonds is 7. The molecule has 0 saturated carbocycles. The second-order valence-corrected chi connectivity index (χ2v) is 4.64. The molecule has 21 heavy (non-hydrogen) atoms. The highest BCUT2D eigenvalue weighted by molar-refractivity contribution is 5.91. The first-order chi connectivity index (χ1) is 10.1. The summed E-state index contributed by atoms with van der Waals surface area (Å²) in [6.07, 6.45) is 5.90. The largest absolute Gasteiger partial charge is 0.442 e. The number of nitrogens with two attached hydrogens (primary N) is 2. The van der Waals surface area contributed by atoms with Crippen molar-refractivity contribution in [2.24, 2.45) is 0 Å². The second kappa shape index (κ2) is 6.69. The van der Waals surface area contributed by atoms with Crippen LogP contribution in [0.25, 0.3) is 0 Å². The average molecular weight is 291 g/mol.